The number of hydrogen-bond acceptors (Lipinski definition) is 5. The van der Waals surface area contributed by atoms with Gasteiger partial charge in [0.15, 0.2) is 5.13 Å². The van der Waals surface area contributed by atoms with E-state index >= 15 is 0 Å². The van der Waals surface area contributed by atoms with E-state index in [1.807, 2.05) is 19.1 Å². The topological polar surface area (TPSA) is 51.2 Å². The Morgan fingerprint density at radius 3 is 2.72 bits per heavy atom. The number of halogens is 3. The molecule has 4 nitrogen and oxygen atoms in total. The van der Waals surface area contributed by atoms with Gasteiger partial charge in [-0.15, -0.1) is 13.2 Å². The molecule has 0 spiro atoms. The average molecular weight is 460 g/mol. The highest BCUT2D eigenvalue weighted by Crippen LogP contribution is 2.36. The molecule has 1 aromatic heterocycles. The van der Waals surface area contributed by atoms with Gasteiger partial charge in [-0.25, -0.2) is 4.98 Å². The van der Waals surface area contributed by atoms with E-state index in [0.29, 0.717) is 33.0 Å². The molecule has 32 heavy (non-hydrogen) atoms. The Balaban J connectivity index is 0.00000141. The molecule has 9 heteroatoms. The monoisotopic (exact) mass is 460 g/mol. The number of alkyl halides is 3. The number of ether oxygens (including phenoxy) is 1. The first-order valence-electron chi connectivity index (χ1n) is 10.2. The van der Waals surface area contributed by atoms with Crippen molar-refractivity contribution in [3.8, 4) is 5.75 Å². The largest absolute Gasteiger partial charge is 0.496 e. The molecule has 0 saturated carbocycles. The van der Waals surface area contributed by atoms with Crippen molar-refractivity contribution in [2.24, 2.45) is 0 Å². The number of rotatable bonds is 5. The lowest BCUT2D eigenvalue weighted by Crippen LogP contribution is -2.26. The summed E-state index contributed by atoms with van der Waals surface area (Å²) in [5, 5.41) is 3.89. The van der Waals surface area contributed by atoms with E-state index in [1.165, 1.54) is 17.4 Å². The van der Waals surface area contributed by atoms with Crippen molar-refractivity contribution in [2.45, 2.75) is 38.2 Å². The second-order valence-electron chi connectivity index (χ2n) is 7.57. The maximum absolute atomic E-state index is 13.1. The fourth-order valence-electron chi connectivity index (χ4n) is 4.02. The molecule has 168 valence electrons. The van der Waals surface area contributed by atoms with E-state index in [2.05, 4.69) is 23.5 Å². The van der Waals surface area contributed by atoms with Crippen LogP contribution in [0.3, 0.4) is 0 Å². The number of nitrogens with zero attached hydrogens (tertiary/aromatic N) is 1. The van der Waals surface area contributed by atoms with Gasteiger partial charge >= 0.3 is 6.18 Å². The summed E-state index contributed by atoms with van der Waals surface area (Å²) in [5.74, 6) is 0.586. The highest BCUT2D eigenvalue weighted by Gasteiger charge is 2.36. The van der Waals surface area contributed by atoms with Gasteiger partial charge in [0, 0.05) is 6.04 Å². The maximum atomic E-state index is 13.1. The summed E-state index contributed by atoms with van der Waals surface area (Å²) in [5.41, 5.74) is 1.45. The van der Waals surface area contributed by atoms with E-state index in [0.717, 1.165) is 30.4 Å². The van der Waals surface area contributed by atoms with Gasteiger partial charge in [-0.1, -0.05) is 29.8 Å². The molecule has 2 heterocycles. The van der Waals surface area contributed by atoms with Gasteiger partial charge in [-0.2, -0.15) is 13.2 Å². The molecule has 3 aromatic rings. The second kappa shape index (κ2) is 9.77. The number of carbonyl (C=O) groups excluding carboxylic acids is 1. The van der Waals surface area contributed by atoms with Crippen molar-refractivity contribution >= 4 is 39.1 Å². The van der Waals surface area contributed by atoms with Crippen LogP contribution in [0.4, 0.5) is 18.3 Å². The Bertz CT molecular complexity index is 1120. The first-order valence-corrected chi connectivity index (χ1v) is 11.0. The first kappa shape index (κ1) is 23.8. The zero-order chi connectivity index (χ0) is 23.5. The average Bonchev–Trinajstić information content (AvgIpc) is 3.40. The molecule has 1 atom stereocenters. The number of nitrogens with one attached hydrogen (secondary N) is 1. The zero-order valence-electron chi connectivity index (χ0n) is 18.0. The lowest BCUT2D eigenvalue weighted by molar-refractivity contribution is -0.137. The Kier molecular flexibility index (Phi) is 7.28. The number of aromatic nitrogens is 1. The van der Waals surface area contributed by atoms with Crippen molar-refractivity contribution in [2.75, 3.05) is 12.4 Å². The lowest BCUT2D eigenvalue weighted by Gasteiger charge is -2.14. The van der Waals surface area contributed by atoms with Crippen LogP contribution in [-0.4, -0.2) is 30.5 Å². The van der Waals surface area contributed by atoms with Crippen molar-refractivity contribution in [3.63, 3.8) is 0 Å². The summed E-state index contributed by atoms with van der Waals surface area (Å²) in [6, 6.07) is 9.18. The molecule has 2 aromatic carbocycles. The molecule has 0 aliphatic carbocycles. The summed E-state index contributed by atoms with van der Waals surface area (Å²) in [7, 11) is 1.56. The number of fused-ring (bicyclic) bond motifs is 1. The third kappa shape index (κ3) is 4.98. The molecule has 1 fully saturated rings. The third-order valence-electron chi connectivity index (χ3n) is 5.55. The minimum absolute atomic E-state index is 0.0524. The molecule has 1 unspecified atom stereocenters. The van der Waals surface area contributed by atoms with Crippen molar-refractivity contribution < 1.29 is 22.7 Å². The maximum Gasteiger partial charge on any atom is 0.416 e. The number of hydrogen-bond donors (Lipinski definition) is 1. The lowest BCUT2D eigenvalue weighted by atomic mass is 9.43. The highest BCUT2D eigenvalue weighted by molar-refractivity contribution is 7.22. The van der Waals surface area contributed by atoms with Gasteiger partial charge in [0.1, 0.15) is 11.4 Å². The minimum Gasteiger partial charge on any atom is -0.496 e. The first-order chi connectivity index (χ1) is 15.3. The predicted octanol–water partition coefficient (Wildman–Crippen LogP) is 6.54. The molecule has 1 saturated heterocycles. The minimum atomic E-state index is -4.37. The molecule has 0 bridgehead atoms. The Labute approximate surface area is 189 Å². The smallest absolute Gasteiger partial charge is 0.416 e. The predicted molar refractivity (Wildman–Crippen MR) is 125 cm³/mol. The number of anilines is 1. The summed E-state index contributed by atoms with van der Waals surface area (Å²) < 4.78 is 44.6. The number of benzene rings is 2. The van der Waals surface area contributed by atoms with Crippen molar-refractivity contribution in [3.05, 3.63) is 66.2 Å². The number of thiazole rings is 1. The molecular formula is C23H24BF3N2O2S. The molecule has 0 radical (unpaired) electrons. The van der Waals surface area contributed by atoms with E-state index in [9.17, 15) is 18.0 Å². The Morgan fingerprint density at radius 1 is 1.28 bits per heavy atom. The van der Waals surface area contributed by atoms with Crippen LogP contribution < -0.4 is 10.1 Å². The van der Waals surface area contributed by atoms with Crippen LogP contribution in [0, 0.1) is 6.92 Å². The molecule has 4 rings (SSSR count). The fourth-order valence-corrected chi connectivity index (χ4v) is 5.00. The van der Waals surface area contributed by atoms with Gasteiger partial charge < -0.3 is 14.8 Å². The SMILES string of the molecule is C=C.COc1cccc(C)c1C(=O)B1CCC(Nc2nc3ccc(C(F)(F)F)cc3s2)C1. The summed E-state index contributed by atoms with van der Waals surface area (Å²) in [4.78, 5) is 17.5. The summed E-state index contributed by atoms with van der Waals surface area (Å²) in [6.07, 6.45) is -2.17. The van der Waals surface area contributed by atoms with E-state index in [4.69, 9.17) is 4.74 Å². The molecule has 1 aliphatic heterocycles. The molecular weight excluding hydrogens is 436 g/mol. The van der Waals surface area contributed by atoms with Crippen LogP contribution in [0.5, 0.6) is 5.75 Å². The number of carbonyl (C=O) groups is 1. The normalized spacial score (nSPS) is 15.9. The molecule has 0 amide bonds. The fraction of sp³-hybridized carbons (Fsp3) is 0.304. The Hall–Kier alpha value is -2.81. The number of aryl methyl sites for hydroxylation is 1. The highest BCUT2D eigenvalue weighted by atomic mass is 32.1. The van der Waals surface area contributed by atoms with Crippen LogP contribution in [0.1, 0.15) is 27.9 Å². The van der Waals surface area contributed by atoms with Gasteiger partial charge in [-0.05, 0) is 49.5 Å². The molecule has 1 aliphatic rings. The standard InChI is InChI=1S/C21H20BF3N2O2S.C2H4/c1-12-4-3-5-16(29-2)18(12)19(28)22-9-8-14(11-22)26-20-27-15-7-6-13(21(23,24)25)10-17(15)30-20;1-2/h3-7,10,14H,8-9,11H2,1-2H3,(H,26,27);1-2H2. The van der Waals surface area contributed by atoms with Crippen molar-refractivity contribution in [1.29, 1.82) is 0 Å². The quantitative estimate of drug-likeness (QED) is 0.347. The molecule has 1 N–H and O–H groups in total. The van der Waals surface area contributed by atoms with Gasteiger partial charge in [0.25, 0.3) is 0 Å². The van der Waals surface area contributed by atoms with Gasteiger partial charge in [0.2, 0.25) is 6.71 Å². The third-order valence-corrected chi connectivity index (χ3v) is 6.50. The van der Waals surface area contributed by atoms with E-state index < -0.39 is 11.7 Å². The van der Waals surface area contributed by atoms with Crippen LogP contribution in [0.15, 0.2) is 49.6 Å². The van der Waals surface area contributed by atoms with Gasteiger partial charge in [0.05, 0.1) is 28.5 Å². The summed E-state index contributed by atoms with van der Waals surface area (Å²) >= 11 is 1.20. The van der Waals surface area contributed by atoms with Gasteiger partial charge in [-0.3, -0.25) is 0 Å². The summed E-state index contributed by atoms with van der Waals surface area (Å²) in [6.45, 7) is 7.78. The number of methoxy groups -OCH3 is 1. The second-order valence-corrected chi connectivity index (χ2v) is 8.60. The van der Waals surface area contributed by atoms with E-state index in [1.54, 1.807) is 13.2 Å². The van der Waals surface area contributed by atoms with Crippen LogP contribution in [-0.2, 0) is 6.18 Å². The van der Waals surface area contributed by atoms with Crippen LogP contribution >= 0.6 is 11.3 Å². The van der Waals surface area contributed by atoms with E-state index in [-0.39, 0.29) is 18.4 Å². The van der Waals surface area contributed by atoms with Crippen LogP contribution in [0.2, 0.25) is 12.6 Å². The van der Waals surface area contributed by atoms with Crippen molar-refractivity contribution in [1.82, 2.24) is 4.98 Å². The Morgan fingerprint density at radius 2 is 2.03 bits per heavy atom. The zero-order valence-corrected chi connectivity index (χ0v) is 18.8. The van der Waals surface area contributed by atoms with Crippen LogP contribution in [0.25, 0.3) is 10.2 Å².